The second-order valence-electron chi connectivity index (χ2n) is 4.51. The van der Waals surface area contributed by atoms with Gasteiger partial charge in [-0.15, -0.1) is 11.6 Å². The number of aromatic nitrogens is 1. The Bertz CT molecular complexity index is 376. The van der Waals surface area contributed by atoms with Crippen LogP contribution < -0.4 is 10.9 Å². The van der Waals surface area contributed by atoms with Crippen molar-refractivity contribution in [3.05, 3.63) is 34.7 Å². The molecule has 0 aliphatic heterocycles. The number of nitrogens with one attached hydrogen (secondary N) is 1. The van der Waals surface area contributed by atoms with Gasteiger partial charge in [0, 0.05) is 37.3 Å². The third-order valence-corrected chi connectivity index (χ3v) is 3.10. The predicted octanol–water partition coefficient (Wildman–Crippen LogP) is 2.09. The molecule has 0 amide bonds. The van der Waals surface area contributed by atoms with Crippen molar-refractivity contribution in [1.82, 2.24) is 9.88 Å². The Labute approximate surface area is 108 Å². The molecule has 0 radical (unpaired) electrons. The van der Waals surface area contributed by atoms with Gasteiger partial charge in [0.2, 0.25) is 0 Å². The zero-order valence-corrected chi connectivity index (χ0v) is 11.3. The Morgan fingerprint density at radius 3 is 2.76 bits per heavy atom. The maximum Gasteiger partial charge on any atom is 0.250 e. The van der Waals surface area contributed by atoms with E-state index in [0.717, 1.165) is 13.0 Å². The van der Waals surface area contributed by atoms with Crippen molar-refractivity contribution < 1.29 is 0 Å². The SMILES string of the molecule is CC(C)C(CCCl)NCCn1ccccc1=O. The predicted molar refractivity (Wildman–Crippen MR) is 72.7 cm³/mol. The highest BCUT2D eigenvalue weighted by Gasteiger charge is 2.11. The molecule has 1 unspecified atom stereocenters. The monoisotopic (exact) mass is 256 g/mol. The Kier molecular flexibility index (Phi) is 6.30. The topological polar surface area (TPSA) is 34.0 Å². The van der Waals surface area contributed by atoms with Crippen LogP contribution in [0.1, 0.15) is 20.3 Å². The molecular formula is C13H21ClN2O. The molecule has 0 fully saturated rings. The molecule has 0 aliphatic carbocycles. The van der Waals surface area contributed by atoms with Crippen LogP contribution in [0, 0.1) is 5.92 Å². The van der Waals surface area contributed by atoms with Crippen LogP contribution in [0.2, 0.25) is 0 Å². The first-order valence-corrected chi connectivity index (χ1v) is 6.63. The molecule has 96 valence electrons. The van der Waals surface area contributed by atoms with Gasteiger partial charge in [0.15, 0.2) is 0 Å². The molecule has 1 rings (SSSR count). The van der Waals surface area contributed by atoms with Gasteiger partial charge in [0.05, 0.1) is 0 Å². The first-order valence-electron chi connectivity index (χ1n) is 6.10. The molecule has 1 atom stereocenters. The van der Waals surface area contributed by atoms with Crippen molar-refractivity contribution in [3.63, 3.8) is 0 Å². The number of nitrogens with zero attached hydrogens (tertiary/aromatic N) is 1. The summed E-state index contributed by atoms with van der Waals surface area (Å²) < 4.78 is 1.71. The lowest BCUT2D eigenvalue weighted by molar-refractivity contribution is 0.381. The Balaban J connectivity index is 2.41. The van der Waals surface area contributed by atoms with E-state index in [1.807, 2.05) is 12.3 Å². The summed E-state index contributed by atoms with van der Waals surface area (Å²) >= 11 is 5.77. The molecule has 1 aromatic rings. The molecule has 0 saturated carbocycles. The van der Waals surface area contributed by atoms with Gasteiger partial charge in [-0.1, -0.05) is 19.9 Å². The van der Waals surface area contributed by atoms with Crippen molar-refractivity contribution >= 4 is 11.6 Å². The zero-order chi connectivity index (χ0) is 12.7. The maximum absolute atomic E-state index is 11.5. The summed E-state index contributed by atoms with van der Waals surface area (Å²) in [6, 6.07) is 5.64. The van der Waals surface area contributed by atoms with Crippen LogP contribution in [-0.2, 0) is 6.54 Å². The van der Waals surface area contributed by atoms with Crippen molar-refractivity contribution in [1.29, 1.82) is 0 Å². The largest absolute Gasteiger partial charge is 0.314 e. The van der Waals surface area contributed by atoms with Crippen LogP contribution in [0.15, 0.2) is 29.2 Å². The molecule has 0 bridgehead atoms. The fraction of sp³-hybridized carbons (Fsp3) is 0.615. The minimum atomic E-state index is 0.0488. The lowest BCUT2D eigenvalue weighted by Crippen LogP contribution is -2.37. The Hall–Kier alpha value is -0.800. The normalized spacial score (nSPS) is 12.9. The summed E-state index contributed by atoms with van der Waals surface area (Å²) in [4.78, 5) is 11.5. The number of pyridine rings is 1. The fourth-order valence-electron chi connectivity index (χ4n) is 1.80. The van der Waals surface area contributed by atoms with Crippen LogP contribution in [0.5, 0.6) is 0 Å². The van der Waals surface area contributed by atoms with Crippen LogP contribution in [0.4, 0.5) is 0 Å². The van der Waals surface area contributed by atoms with Gasteiger partial charge < -0.3 is 9.88 Å². The van der Waals surface area contributed by atoms with E-state index < -0.39 is 0 Å². The highest BCUT2D eigenvalue weighted by Crippen LogP contribution is 2.06. The number of alkyl halides is 1. The van der Waals surface area contributed by atoms with Crippen molar-refractivity contribution in [2.75, 3.05) is 12.4 Å². The quantitative estimate of drug-likeness (QED) is 0.758. The van der Waals surface area contributed by atoms with Crippen molar-refractivity contribution in [3.8, 4) is 0 Å². The molecule has 4 heteroatoms. The third-order valence-electron chi connectivity index (χ3n) is 2.88. The van der Waals surface area contributed by atoms with Crippen molar-refractivity contribution in [2.45, 2.75) is 32.9 Å². The van der Waals surface area contributed by atoms with E-state index in [4.69, 9.17) is 11.6 Å². The van der Waals surface area contributed by atoms with Crippen molar-refractivity contribution in [2.24, 2.45) is 5.92 Å². The van der Waals surface area contributed by atoms with Crippen LogP contribution in [-0.4, -0.2) is 23.0 Å². The molecule has 17 heavy (non-hydrogen) atoms. The van der Waals surface area contributed by atoms with E-state index in [0.29, 0.717) is 24.4 Å². The van der Waals surface area contributed by atoms with Gasteiger partial charge in [-0.25, -0.2) is 0 Å². The number of hydrogen-bond donors (Lipinski definition) is 1. The van der Waals surface area contributed by atoms with Gasteiger partial charge in [0.1, 0.15) is 0 Å². The van der Waals surface area contributed by atoms with E-state index in [2.05, 4.69) is 19.2 Å². The summed E-state index contributed by atoms with van der Waals surface area (Å²) in [5.41, 5.74) is 0.0488. The summed E-state index contributed by atoms with van der Waals surface area (Å²) in [5, 5.41) is 3.45. The molecule has 1 heterocycles. The Morgan fingerprint density at radius 2 is 2.18 bits per heavy atom. The molecule has 0 spiro atoms. The van der Waals surface area contributed by atoms with Gasteiger partial charge in [-0.2, -0.15) is 0 Å². The first kappa shape index (κ1) is 14.3. The maximum atomic E-state index is 11.5. The Morgan fingerprint density at radius 1 is 1.41 bits per heavy atom. The van der Waals surface area contributed by atoms with E-state index in [1.54, 1.807) is 16.7 Å². The minimum Gasteiger partial charge on any atom is -0.314 e. The van der Waals surface area contributed by atoms with E-state index in [1.165, 1.54) is 0 Å². The van der Waals surface area contributed by atoms with Crippen LogP contribution in [0.25, 0.3) is 0 Å². The third kappa shape index (κ3) is 4.92. The molecule has 0 saturated heterocycles. The number of rotatable bonds is 7. The second kappa shape index (κ2) is 7.51. The van der Waals surface area contributed by atoms with Gasteiger partial charge in [0.25, 0.3) is 5.56 Å². The molecule has 1 aromatic heterocycles. The molecule has 1 N–H and O–H groups in total. The lowest BCUT2D eigenvalue weighted by Gasteiger charge is -2.21. The summed E-state index contributed by atoms with van der Waals surface area (Å²) in [6.07, 6.45) is 2.78. The minimum absolute atomic E-state index is 0.0488. The summed E-state index contributed by atoms with van der Waals surface area (Å²) in [7, 11) is 0. The van der Waals surface area contributed by atoms with E-state index in [9.17, 15) is 4.79 Å². The molecule has 3 nitrogen and oxygen atoms in total. The first-order chi connectivity index (χ1) is 8.15. The average molecular weight is 257 g/mol. The summed E-state index contributed by atoms with van der Waals surface area (Å²) in [6.45, 7) is 5.85. The molecule has 0 aliphatic rings. The van der Waals surface area contributed by atoms with Crippen LogP contribution in [0.3, 0.4) is 0 Å². The highest BCUT2D eigenvalue weighted by atomic mass is 35.5. The zero-order valence-electron chi connectivity index (χ0n) is 10.5. The van der Waals surface area contributed by atoms with Crippen LogP contribution >= 0.6 is 11.6 Å². The highest BCUT2D eigenvalue weighted by molar-refractivity contribution is 6.17. The molecular weight excluding hydrogens is 236 g/mol. The number of hydrogen-bond acceptors (Lipinski definition) is 2. The smallest absolute Gasteiger partial charge is 0.250 e. The average Bonchev–Trinajstić information content (AvgIpc) is 2.30. The fourth-order valence-corrected chi connectivity index (χ4v) is 2.04. The lowest BCUT2D eigenvalue weighted by atomic mass is 10.0. The van der Waals surface area contributed by atoms with E-state index in [-0.39, 0.29) is 5.56 Å². The van der Waals surface area contributed by atoms with Gasteiger partial charge >= 0.3 is 0 Å². The van der Waals surface area contributed by atoms with E-state index >= 15 is 0 Å². The van der Waals surface area contributed by atoms with Gasteiger partial charge in [-0.05, 0) is 18.4 Å². The second-order valence-corrected chi connectivity index (χ2v) is 4.89. The standard InChI is InChI=1S/C13H21ClN2O/c1-11(2)12(6-7-14)15-8-10-16-9-4-3-5-13(16)17/h3-5,9,11-12,15H,6-8,10H2,1-2H3. The number of halogens is 1. The molecule has 0 aromatic carbocycles. The van der Waals surface area contributed by atoms with Gasteiger partial charge in [-0.3, -0.25) is 4.79 Å². The summed E-state index contributed by atoms with van der Waals surface area (Å²) in [5.74, 6) is 1.22.